The van der Waals surface area contributed by atoms with Crippen molar-refractivity contribution in [1.29, 1.82) is 0 Å². The summed E-state index contributed by atoms with van der Waals surface area (Å²) in [5.41, 5.74) is 0. The number of carboxylic acids is 1. The van der Waals surface area contributed by atoms with Gasteiger partial charge in [0, 0.05) is 17.8 Å². The number of rotatable bonds is 9. The minimum Gasteiger partial charge on any atom is -0.481 e. The first kappa shape index (κ1) is 16.7. The Morgan fingerprint density at radius 1 is 1.35 bits per heavy atom. The number of amides is 1. The lowest BCUT2D eigenvalue weighted by molar-refractivity contribution is -0.137. The summed E-state index contributed by atoms with van der Waals surface area (Å²) in [5, 5.41) is 13.6. The SMILES string of the molecule is CC(C)C(CCNC(=O)Cc1cccs1)CCC(=O)O. The fourth-order valence-electron chi connectivity index (χ4n) is 2.15. The molecule has 0 fully saturated rings. The Morgan fingerprint density at radius 2 is 2.10 bits per heavy atom. The minimum absolute atomic E-state index is 0.0354. The lowest BCUT2D eigenvalue weighted by atomic mass is 9.88. The van der Waals surface area contributed by atoms with Gasteiger partial charge < -0.3 is 10.4 Å². The van der Waals surface area contributed by atoms with Gasteiger partial charge in [0.2, 0.25) is 5.91 Å². The third-order valence-electron chi connectivity index (χ3n) is 3.42. The third kappa shape index (κ3) is 6.70. The molecule has 0 aromatic carbocycles. The number of nitrogens with one attached hydrogen (secondary N) is 1. The zero-order valence-corrected chi connectivity index (χ0v) is 12.9. The Labute approximate surface area is 124 Å². The van der Waals surface area contributed by atoms with Crippen molar-refractivity contribution in [3.63, 3.8) is 0 Å². The molecule has 0 aliphatic heterocycles. The molecule has 5 heteroatoms. The Kier molecular flexibility index (Phi) is 7.30. The second-order valence-corrected chi connectivity index (χ2v) is 6.36. The Hall–Kier alpha value is -1.36. The van der Waals surface area contributed by atoms with Gasteiger partial charge in [-0.25, -0.2) is 0 Å². The minimum atomic E-state index is -0.752. The number of carbonyl (C=O) groups excluding carboxylic acids is 1. The molecule has 20 heavy (non-hydrogen) atoms. The largest absolute Gasteiger partial charge is 0.481 e. The van der Waals surface area contributed by atoms with Crippen LogP contribution < -0.4 is 5.32 Å². The molecular formula is C15H23NO3S. The molecule has 4 nitrogen and oxygen atoms in total. The van der Waals surface area contributed by atoms with Gasteiger partial charge in [0.25, 0.3) is 0 Å². The average Bonchev–Trinajstić information content (AvgIpc) is 2.85. The molecule has 1 amide bonds. The number of thiophene rings is 1. The highest BCUT2D eigenvalue weighted by Crippen LogP contribution is 2.20. The maximum atomic E-state index is 11.7. The maximum absolute atomic E-state index is 11.7. The van der Waals surface area contributed by atoms with Crippen LogP contribution in [0.5, 0.6) is 0 Å². The molecule has 0 bridgehead atoms. The second kappa shape index (κ2) is 8.74. The Bertz CT molecular complexity index is 415. The second-order valence-electron chi connectivity index (χ2n) is 5.33. The van der Waals surface area contributed by atoms with E-state index in [9.17, 15) is 9.59 Å². The van der Waals surface area contributed by atoms with Crippen molar-refractivity contribution in [2.45, 2.75) is 39.5 Å². The molecule has 0 spiro atoms. The van der Waals surface area contributed by atoms with Crippen molar-refractivity contribution >= 4 is 23.2 Å². The van der Waals surface area contributed by atoms with Crippen molar-refractivity contribution in [3.8, 4) is 0 Å². The van der Waals surface area contributed by atoms with Crippen molar-refractivity contribution in [2.24, 2.45) is 11.8 Å². The number of carboxylic acid groups (broad SMARTS) is 1. The van der Waals surface area contributed by atoms with Crippen molar-refractivity contribution in [2.75, 3.05) is 6.54 Å². The van der Waals surface area contributed by atoms with E-state index < -0.39 is 5.97 Å². The highest BCUT2D eigenvalue weighted by molar-refractivity contribution is 7.10. The average molecular weight is 297 g/mol. The van der Waals surface area contributed by atoms with Crippen LogP contribution in [0.15, 0.2) is 17.5 Å². The van der Waals surface area contributed by atoms with Gasteiger partial charge in [-0.15, -0.1) is 11.3 Å². The first-order chi connectivity index (χ1) is 9.49. The van der Waals surface area contributed by atoms with Crippen molar-refractivity contribution in [3.05, 3.63) is 22.4 Å². The highest BCUT2D eigenvalue weighted by Gasteiger charge is 2.15. The lowest BCUT2D eigenvalue weighted by Crippen LogP contribution is -2.28. The molecule has 1 atom stereocenters. The Balaban J connectivity index is 2.25. The van der Waals surface area contributed by atoms with Crippen LogP contribution in [0.25, 0.3) is 0 Å². The third-order valence-corrected chi connectivity index (χ3v) is 4.30. The topological polar surface area (TPSA) is 66.4 Å². The van der Waals surface area contributed by atoms with E-state index >= 15 is 0 Å². The van der Waals surface area contributed by atoms with E-state index in [-0.39, 0.29) is 12.3 Å². The molecule has 1 rings (SSSR count). The number of carbonyl (C=O) groups is 2. The van der Waals surface area contributed by atoms with Crippen LogP contribution >= 0.6 is 11.3 Å². The summed E-state index contributed by atoms with van der Waals surface area (Å²) >= 11 is 1.58. The number of aliphatic carboxylic acids is 1. The van der Waals surface area contributed by atoms with Crippen molar-refractivity contribution < 1.29 is 14.7 Å². The molecule has 1 aromatic heterocycles. The van der Waals surface area contributed by atoms with E-state index in [2.05, 4.69) is 19.2 Å². The van der Waals surface area contributed by atoms with E-state index in [1.807, 2.05) is 17.5 Å². The Morgan fingerprint density at radius 3 is 2.65 bits per heavy atom. The van der Waals surface area contributed by atoms with Crippen LogP contribution in [0.4, 0.5) is 0 Å². The highest BCUT2D eigenvalue weighted by atomic mass is 32.1. The number of hydrogen-bond acceptors (Lipinski definition) is 3. The molecule has 0 saturated heterocycles. The molecule has 0 saturated carbocycles. The molecule has 2 N–H and O–H groups in total. The summed E-state index contributed by atoms with van der Waals surface area (Å²) < 4.78 is 0. The van der Waals surface area contributed by atoms with Gasteiger partial charge in [-0.1, -0.05) is 19.9 Å². The molecule has 1 heterocycles. The molecule has 0 aliphatic rings. The summed E-state index contributed by atoms with van der Waals surface area (Å²) in [6, 6.07) is 3.89. The molecule has 1 aromatic rings. The summed E-state index contributed by atoms with van der Waals surface area (Å²) in [5.74, 6) is 0.0576. The molecule has 0 radical (unpaired) electrons. The van der Waals surface area contributed by atoms with Gasteiger partial charge in [-0.3, -0.25) is 9.59 Å². The lowest BCUT2D eigenvalue weighted by Gasteiger charge is -2.20. The van der Waals surface area contributed by atoms with Gasteiger partial charge in [0.15, 0.2) is 0 Å². The van der Waals surface area contributed by atoms with E-state index in [1.54, 1.807) is 11.3 Å². The van der Waals surface area contributed by atoms with Crippen molar-refractivity contribution in [1.82, 2.24) is 5.32 Å². The monoisotopic (exact) mass is 297 g/mol. The number of hydrogen-bond donors (Lipinski definition) is 2. The van der Waals surface area contributed by atoms with E-state index in [0.717, 1.165) is 11.3 Å². The van der Waals surface area contributed by atoms with Gasteiger partial charge in [0.1, 0.15) is 0 Å². The van der Waals surface area contributed by atoms with Crippen LogP contribution in [0.1, 0.15) is 38.0 Å². The summed E-state index contributed by atoms with van der Waals surface area (Å²) in [7, 11) is 0. The predicted molar refractivity (Wildman–Crippen MR) is 80.8 cm³/mol. The van der Waals surface area contributed by atoms with Crippen LogP contribution in [0, 0.1) is 11.8 Å². The van der Waals surface area contributed by atoms with E-state index in [1.165, 1.54) is 0 Å². The van der Waals surface area contributed by atoms with Crippen LogP contribution in [0.3, 0.4) is 0 Å². The van der Waals surface area contributed by atoms with Crippen LogP contribution in [0.2, 0.25) is 0 Å². The molecule has 0 aliphatic carbocycles. The summed E-state index contributed by atoms with van der Waals surface area (Å²) in [6.45, 7) is 4.81. The quantitative estimate of drug-likeness (QED) is 0.736. The molecular weight excluding hydrogens is 274 g/mol. The van der Waals surface area contributed by atoms with Gasteiger partial charge in [0.05, 0.1) is 6.42 Å². The summed E-state index contributed by atoms with van der Waals surface area (Å²) in [4.78, 5) is 23.4. The van der Waals surface area contributed by atoms with E-state index in [4.69, 9.17) is 5.11 Å². The van der Waals surface area contributed by atoms with Crippen LogP contribution in [-0.2, 0) is 16.0 Å². The van der Waals surface area contributed by atoms with E-state index in [0.29, 0.717) is 31.2 Å². The van der Waals surface area contributed by atoms with Gasteiger partial charge in [-0.05, 0) is 36.1 Å². The zero-order chi connectivity index (χ0) is 15.0. The van der Waals surface area contributed by atoms with Crippen LogP contribution in [-0.4, -0.2) is 23.5 Å². The molecule has 1 unspecified atom stereocenters. The fourth-order valence-corrected chi connectivity index (χ4v) is 2.85. The summed E-state index contributed by atoms with van der Waals surface area (Å²) in [6.07, 6.45) is 2.14. The normalized spacial score (nSPS) is 12.3. The molecule has 112 valence electrons. The fraction of sp³-hybridized carbons (Fsp3) is 0.600. The maximum Gasteiger partial charge on any atom is 0.303 e. The standard InChI is InChI=1S/C15H23NO3S/c1-11(2)12(5-6-15(18)19)7-8-16-14(17)10-13-4-3-9-20-13/h3-4,9,11-12H,5-8,10H2,1-2H3,(H,16,17)(H,18,19). The first-order valence-corrected chi connectivity index (χ1v) is 7.88. The smallest absolute Gasteiger partial charge is 0.303 e. The zero-order valence-electron chi connectivity index (χ0n) is 12.1. The van der Waals surface area contributed by atoms with Gasteiger partial charge in [-0.2, -0.15) is 0 Å². The first-order valence-electron chi connectivity index (χ1n) is 7.00. The predicted octanol–water partition coefficient (Wildman–Crippen LogP) is 2.93. The van der Waals surface area contributed by atoms with Gasteiger partial charge >= 0.3 is 5.97 Å².